The van der Waals surface area contributed by atoms with E-state index in [9.17, 15) is 14.4 Å². The Morgan fingerprint density at radius 3 is 2.75 bits per heavy atom. The Morgan fingerprint density at radius 2 is 2.10 bits per heavy atom. The number of urea groups is 1. The normalized spacial score (nSPS) is 18.6. The molecule has 0 saturated carbocycles. The number of carbonyl (C=O) groups excluding carboxylic acids is 2. The standard InChI is InChI=1S/C13H22N2O5/c1-20-9-10-4-3-7-15(8-10)13(19)14-11(16)5-2-6-12(17)18/h10H,2-9H2,1H3,(H,17,18)(H,14,16,19). The minimum Gasteiger partial charge on any atom is -0.481 e. The number of carboxylic acid groups (broad SMARTS) is 1. The molecule has 114 valence electrons. The Hall–Kier alpha value is -1.63. The molecule has 0 aromatic rings. The van der Waals surface area contributed by atoms with E-state index in [0.717, 1.165) is 12.8 Å². The first kappa shape index (κ1) is 16.4. The molecule has 1 aliphatic heterocycles. The molecule has 0 bridgehead atoms. The van der Waals surface area contributed by atoms with E-state index in [-0.39, 0.29) is 19.3 Å². The number of piperidine rings is 1. The fraction of sp³-hybridized carbons (Fsp3) is 0.769. The SMILES string of the molecule is COCC1CCCN(C(=O)NC(=O)CCCC(=O)O)C1. The van der Waals surface area contributed by atoms with Crippen LogP contribution in [0.25, 0.3) is 0 Å². The molecule has 3 amide bonds. The quantitative estimate of drug-likeness (QED) is 0.754. The first-order valence-corrected chi connectivity index (χ1v) is 6.82. The van der Waals surface area contributed by atoms with Crippen LogP contribution in [-0.4, -0.2) is 54.7 Å². The first-order chi connectivity index (χ1) is 9.52. The molecule has 1 fully saturated rings. The molecular formula is C13H22N2O5. The maximum atomic E-state index is 11.9. The van der Waals surface area contributed by atoms with Gasteiger partial charge in [-0.3, -0.25) is 14.9 Å². The molecule has 0 aromatic carbocycles. The van der Waals surface area contributed by atoms with E-state index in [4.69, 9.17) is 9.84 Å². The summed E-state index contributed by atoms with van der Waals surface area (Å²) in [4.78, 5) is 35.3. The van der Waals surface area contributed by atoms with E-state index in [1.54, 1.807) is 12.0 Å². The van der Waals surface area contributed by atoms with Gasteiger partial charge in [-0.25, -0.2) is 4.79 Å². The van der Waals surface area contributed by atoms with Gasteiger partial charge in [0.05, 0.1) is 6.61 Å². The van der Waals surface area contributed by atoms with E-state index in [1.165, 1.54) is 0 Å². The summed E-state index contributed by atoms with van der Waals surface area (Å²) >= 11 is 0. The predicted octanol–water partition coefficient (Wildman–Crippen LogP) is 0.836. The minimum atomic E-state index is -0.942. The zero-order valence-corrected chi connectivity index (χ0v) is 11.8. The number of nitrogens with one attached hydrogen (secondary N) is 1. The summed E-state index contributed by atoms with van der Waals surface area (Å²) in [5, 5.41) is 10.8. The lowest BCUT2D eigenvalue weighted by atomic mass is 9.99. The van der Waals surface area contributed by atoms with Crippen LogP contribution in [0.15, 0.2) is 0 Å². The molecule has 20 heavy (non-hydrogen) atoms. The second-order valence-corrected chi connectivity index (χ2v) is 5.01. The Kier molecular flexibility index (Phi) is 7.00. The smallest absolute Gasteiger partial charge is 0.324 e. The van der Waals surface area contributed by atoms with Gasteiger partial charge in [0.15, 0.2) is 0 Å². The van der Waals surface area contributed by atoms with Crippen molar-refractivity contribution in [1.29, 1.82) is 0 Å². The van der Waals surface area contributed by atoms with Gasteiger partial charge >= 0.3 is 12.0 Å². The highest BCUT2D eigenvalue weighted by molar-refractivity contribution is 5.94. The van der Waals surface area contributed by atoms with Gasteiger partial charge in [0, 0.05) is 39.0 Å². The second-order valence-electron chi connectivity index (χ2n) is 5.01. The number of hydrogen-bond donors (Lipinski definition) is 2. The van der Waals surface area contributed by atoms with Crippen molar-refractivity contribution in [2.45, 2.75) is 32.1 Å². The van der Waals surface area contributed by atoms with Crippen molar-refractivity contribution in [3.05, 3.63) is 0 Å². The van der Waals surface area contributed by atoms with Gasteiger partial charge in [-0.05, 0) is 19.3 Å². The largest absolute Gasteiger partial charge is 0.481 e. The van der Waals surface area contributed by atoms with E-state index < -0.39 is 17.9 Å². The summed E-state index contributed by atoms with van der Waals surface area (Å²) in [5.41, 5.74) is 0. The average molecular weight is 286 g/mol. The fourth-order valence-corrected chi connectivity index (χ4v) is 2.28. The summed E-state index contributed by atoms with van der Waals surface area (Å²) in [6, 6.07) is -0.397. The molecule has 2 N–H and O–H groups in total. The van der Waals surface area contributed by atoms with Crippen molar-refractivity contribution in [3.8, 4) is 0 Å². The maximum absolute atomic E-state index is 11.9. The number of rotatable bonds is 6. The zero-order valence-electron chi connectivity index (χ0n) is 11.8. The molecule has 0 radical (unpaired) electrons. The van der Waals surface area contributed by atoms with Crippen LogP contribution in [0.1, 0.15) is 32.1 Å². The molecule has 1 aliphatic rings. The highest BCUT2D eigenvalue weighted by Crippen LogP contribution is 2.16. The van der Waals surface area contributed by atoms with Gasteiger partial charge in [0.25, 0.3) is 0 Å². The molecule has 1 heterocycles. The Balaban J connectivity index is 2.30. The number of nitrogens with zero attached hydrogens (tertiary/aromatic N) is 1. The van der Waals surface area contributed by atoms with Gasteiger partial charge in [0.2, 0.25) is 5.91 Å². The number of hydrogen-bond acceptors (Lipinski definition) is 4. The number of likely N-dealkylation sites (tertiary alicyclic amines) is 1. The Morgan fingerprint density at radius 1 is 1.35 bits per heavy atom. The van der Waals surface area contributed by atoms with Crippen molar-refractivity contribution < 1.29 is 24.2 Å². The first-order valence-electron chi connectivity index (χ1n) is 6.82. The molecule has 0 aliphatic carbocycles. The van der Waals surface area contributed by atoms with Gasteiger partial charge < -0.3 is 14.7 Å². The number of imide groups is 1. The number of ether oxygens (including phenoxy) is 1. The van der Waals surface area contributed by atoms with Gasteiger partial charge in [0.1, 0.15) is 0 Å². The molecule has 1 unspecified atom stereocenters. The van der Waals surface area contributed by atoms with Crippen LogP contribution in [0.4, 0.5) is 4.79 Å². The number of carbonyl (C=O) groups is 3. The maximum Gasteiger partial charge on any atom is 0.324 e. The monoisotopic (exact) mass is 286 g/mol. The van der Waals surface area contributed by atoms with E-state index in [2.05, 4.69) is 5.32 Å². The summed E-state index contributed by atoms with van der Waals surface area (Å²) in [6.07, 6.45) is 2.13. The zero-order chi connectivity index (χ0) is 15.0. The van der Waals surface area contributed by atoms with Crippen LogP contribution in [0.2, 0.25) is 0 Å². The molecule has 7 heteroatoms. The fourth-order valence-electron chi connectivity index (χ4n) is 2.28. The Bertz CT molecular complexity index is 357. The van der Waals surface area contributed by atoms with Gasteiger partial charge in [-0.2, -0.15) is 0 Å². The van der Waals surface area contributed by atoms with E-state index in [0.29, 0.717) is 25.6 Å². The highest BCUT2D eigenvalue weighted by Gasteiger charge is 2.24. The number of amides is 3. The van der Waals surface area contributed by atoms with Gasteiger partial charge in [-0.1, -0.05) is 0 Å². The van der Waals surface area contributed by atoms with Crippen LogP contribution in [0.5, 0.6) is 0 Å². The summed E-state index contributed by atoms with van der Waals surface area (Å²) < 4.78 is 5.09. The van der Waals surface area contributed by atoms with Crippen LogP contribution in [-0.2, 0) is 14.3 Å². The number of aliphatic carboxylic acids is 1. The van der Waals surface area contributed by atoms with Crippen molar-refractivity contribution in [2.24, 2.45) is 5.92 Å². The third-order valence-electron chi connectivity index (χ3n) is 3.25. The van der Waals surface area contributed by atoms with Crippen LogP contribution in [0.3, 0.4) is 0 Å². The highest BCUT2D eigenvalue weighted by atomic mass is 16.5. The van der Waals surface area contributed by atoms with Crippen molar-refractivity contribution in [1.82, 2.24) is 10.2 Å². The molecular weight excluding hydrogens is 264 g/mol. The Labute approximate surface area is 118 Å². The number of carboxylic acids is 1. The average Bonchev–Trinajstić information content (AvgIpc) is 2.39. The van der Waals surface area contributed by atoms with E-state index in [1.807, 2.05) is 0 Å². The molecule has 1 saturated heterocycles. The predicted molar refractivity (Wildman–Crippen MR) is 71.2 cm³/mol. The topological polar surface area (TPSA) is 95.9 Å². The molecule has 7 nitrogen and oxygen atoms in total. The van der Waals surface area contributed by atoms with Crippen LogP contribution < -0.4 is 5.32 Å². The third-order valence-corrected chi connectivity index (χ3v) is 3.25. The van der Waals surface area contributed by atoms with Crippen LogP contribution in [0, 0.1) is 5.92 Å². The van der Waals surface area contributed by atoms with Gasteiger partial charge in [-0.15, -0.1) is 0 Å². The summed E-state index contributed by atoms with van der Waals surface area (Å²) in [7, 11) is 1.63. The lowest BCUT2D eigenvalue weighted by molar-refractivity contribution is -0.137. The third kappa shape index (κ3) is 6.01. The molecule has 1 atom stereocenters. The minimum absolute atomic E-state index is 0.0490. The van der Waals surface area contributed by atoms with Crippen molar-refractivity contribution in [3.63, 3.8) is 0 Å². The summed E-state index contributed by atoms with van der Waals surface area (Å²) in [6.45, 7) is 1.83. The summed E-state index contributed by atoms with van der Waals surface area (Å²) in [5.74, 6) is -1.06. The molecule has 1 rings (SSSR count). The molecule has 0 spiro atoms. The van der Waals surface area contributed by atoms with Crippen molar-refractivity contribution >= 4 is 17.9 Å². The van der Waals surface area contributed by atoms with Crippen LogP contribution >= 0.6 is 0 Å². The number of methoxy groups -OCH3 is 1. The van der Waals surface area contributed by atoms with E-state index >= 15 is 0 Å². The van der Waals surface area contributed by atoms with Crippen molar-refractivity contribution in [2.75, 3.05) is 26.8 Å². The lowest BCUT2D eigenvalue weighted by Crippen LogP contribution is -2.48. The molecule has 0 aromatic heterocycles. The lowest BCUT2D eigenvalue weighted by Gasteiger charge is -2.32. The second kappa shape index (κ2) is 8.52.